The van der Waals surface area contributed by atoms with Crippen LogP contribution in [0.15, 0.2) is 0 Å². The Morgan fingerprint density at radius 1 is 0.800 bits per heavy atom. The largest absolute Gasteiger partial charge is 0.123 e. The summed E-state index contributed by atoms with van der Waals surface area (Å²) >= 11 is 6.17. The molecule has 0 aromatic heterocycles. The van der Waals surface area contributed by atoms with E-state index in [1.807, 2.05) is 0 Å². The zero-order chi connectivity index (χ0) is 10.7. The topological polar surface area (TPSA) is 0 Å². The molecule has 2 rings (SSSR count). The van der Waals surface area contributed by atoms with Crippen LogP contribution in [0.25, 0.3) is 0 Å². The van der Waals surface area contributed by atoms with Gasteiger partial charge >= 0.3 is 0 Å². The third kappa shape index (κ3) is 3.12. The molecule has 2 aliphatic rings. The minimum atomic E-state index is 0.494. The third-order valence-corrected chi connectivity index (χ3v) is 5.27. The monoisotopic (exact) mass is 228 g/mol. The summed E-state index contributed by atoms with van der Waals surface area (Å²) in [5, 5.41) is 0.494. The average molecular weight is 229 g/mol. The zero-order valence-electron chi connectivity index (χ0n) is 10.1. The van der Waals surface area contributed by atoms with Crippen molar-refractivity contribution < 1.29 is 0 Å². The van der Waals surface area contributed by atoms with Gasteiger partial charge in [0.05, 0.1) is 0 Å². The second-order valence-electron chi connectivity index (χ2n) is 5.70. The normalized spacial score (nSPS) is 42.8. The first kappa shape index (κ1) is 11.8. The van der Waals surface area contributed by atoms with Crippen LogP contribution in [-0.2, 0) is 0 Å². The van der Waals surface area contributed by atoms with Crippen LogP contribution in [0.1, 0.15) is 64.7 Å². The molecule has 0 atom stereocenters. The van der Waals surface area contributed by atoms with E-state index in [0.717, 1.165) is 17.8 Å². The van der Waals surface area contributed by atoms with Gasteiger partial charge in [-0.3, -0.25) is 0 Å². The number of alkyl halides is 1. The van der Waals surface area contributed by atoms with Gasteiger partial charge in [-0.25, -0.2) is 0 Å². The highest BCUT2D eigenvalue weighted by Gasteiger charge is 2.29. The maximum Gasteiger partial charge on any atom is 0.0336 e. The first-order chi connectivity index (χ1) is 7.29. The molecule has 0 radical (unpaired) electrons. The second-order valence-corrected chi connectivity index (χ2v) is 6.32. The molecule has 0 heterocycles. The van der Waals surface area contributed by atoms with Gasteiger partial charge in [0.15, 0.2) is 0 Å². The van der Waals surface area contributed by atoms with E-state index >= 15 is 0 Å². The number of rotatable bonds is 2. The molecular weight excluding hydrogens is 204 g/mol. The number of hydrogen-bond acceptors (Lipinski definition) is 0. The lowest BCUT2D eigenvalue weighted by atomic mass is 9.70. The van der Waals surface area contributed by atoms with Crippen LogP contribution in [0.4, 0.5) is 0 Å². The lowest BCUT2D eigenvalue weighted by Crippen LogP contribution is -2.25. The van der Waals surface area contributed by atoms with Crippen molar-refractivity contribution in [1.29, 1.82) is 0 Å². The van der Waals surface area contributed by atoms with E-state index in [1.54, 1.807) is 0 Å². The smallest absolute Gasteiger partial charge is 0.0336 e. The maximum atomic E-state index is 6.17. The molecule has 0 unspecified atom stereocenters. The van der Waals surface area contributed by atoms with E-state index in [-0.39, 0.29) is 0 Å². The minimum Gasteiger partial charge on any atom is -0.123 e. The molecule has 0 N–H and O–H groups in total. The highest BCUT2D eigenvalue weighted by molar-refractivity contribution is 6.20. The van der Waals surface area contributed by atoms with Gasteiger partial charge in [-0.1, -0.05) is 26.2 Å². The van der Waals surface area contributed by atoms with Gasteiger partial charge < -0.3 is 0 Å². The van der Waals surface area contributed by atoms with Gasteiger partial charge in [-0.2, -0.15) is 0 Å². The molecule has 0 spiro atoms. The molecule has 0 bridgehead atoms. The summed E-state index contributed by atoms with van der Waals surface area (Å²) in [4.78, 5) is 0. The summed E-state index contributed by atoms with van der Waals surface area (Å²) in [5.74, 6) is 3.13. The second kappa shape index (κ2) is 5.57. The first-order valence-electron chi connectivity index (χ1n) is 6.93. The predicted molar refractivity (Wildman–Crippen MR) is 67.3 cm³/mol. The van der Waals surface area contributed by atoms with E-state index < -0.39 is 0 Å². The van der Waals surface area contributed by atoms with Gasteiger partial charge in [-0.05, 0) is 56.3 Å². The molecule has 0 aliphatic heterocycles. The summed E-state index contributed by atoms with van der Waals surface area (Å²) in [6, 6.07) is 0. The minimum absolute atomic E-state index is 0.494. The van der Waals surface area contributed by atoms with Crippen LogP contribution in [0.5, 0.6) is 0 Å². The number of hydrogen-bond donors (Lipinski definition) is 0. The van der Waals surface area contributed by atoms with E-state index in [4.69, 9.17) is 11.6 Å². The maximum absolute atomic E-state index is 6.17. The van der Waals surface area contributed by atoms with Gasteiger partial charge in [-0.15, -0.1) is 11.6 Å². The molecule has 15 heavy (non-hydrogen) atoms. The summed E-state index contributed by atoms with van der Waals surface area (Å²) in [6.45, 7) is 2.35. The van der Waals surface area contributed by atoms with Gasteiger partial charge in [0.25, 0.3) is 0 Å². The molecule has 2 fully saturated rings. The van der Waals surface area contributed by atoms with Crippen molar-refractivity contribution in [1.82, 2.24) is 0 Å². The summed E-state index contributed by atoms with van der Waals surface area (Å²) in [5.41, 5.74) is 0. The Bertz CT molecular complexity index is 174. The highest BCUT2D eigenvalue weighted by atomic mass is 35.5. The standard InChI is InChI=1S/C14H25Cl/c1-2-11-3-5-12(6-4-11)13-7-9-14(15)10-8-13/h11-14H,2-10H2,1H3. The molecular formula is C14H25Cl. The van der Waals surface area contributed by atoms with Crippen LogP contribution in [0.2, 0.25) is 0 Å². The molecule has 1 heteroatoms. The molecule has 0 amide bonds. The van der Waals surface area contributed by atoms with Crippen molar-refractivity contribution in [3.63, 3.8) is 0 Å². The van der Waals surface area contributed by atoms with Crippen molar-refractivity contribution >= 4 is 11.6 Å². The van der Waals surface area contributed by atoms with Crippen molar-refractivity contribution in [2.24, 2.45) is 17.8 Å². The number of halogens is 1. The Morgan fingerprint density at radius 2 is 1.27 bits per heavy atom. The van der Waals surface area contributed by atoms with Crippen LogP contribution < -0.4 is 0 Å². The fraction of sp³-hybridized carbons (Fsp3) is 1.00. The van der Waals surface area contributed by atoms with Gasteiger partial charge in [0.1, 0.15) is 0 Å². The average Bonchev–Trinajstić information content (AvgIpc) is 2.30. The Morgan fingerprint density at radius 3 is 1.73 bits per heavy atom. The third-order valence-electron chi connectivity index (χ3n) is 4.84. The summed E-state index contributed by atoms with van der Waals surface area (Å²) in [7, 11) is 0. The van der Waals surface area contributed by atoms with E-state index in [0.29, 0.717) is 5.38 Å². The predicted octanol–water partition coefficient (Wildman–Crippen LogP) is 5.00. The lowest BCUT2D eigenvalue weighted by molar-refractivity contribution is 0.166. The zero-order valence-corrected chi connectivity index (χ0v) is 10.8. The van der Waals surface area contributed by atoms with Crippen LogP contribution in [0.3, 0.4) is 0 Å². The van der Waals surface area contributed by atoms with Crippen molar-refractivity contribution in [3.8, 4) is 0 Å². The Labute approximate surface area is 99.8 Å². The lowest BCUT2D eigenvalue weighted by Gasteiger charge is -2.36. The van der Waals surface area contributed by atoms with E-state index in [2.05, 4.69) is 6.92 Å². The summed E-state index contributed by atoms with van der Waals surface area (Å²) in [6.07, 6.45) is 12.8. The highest BCUT2D eigenvalue weighted by Crippen LogP contribution is 2.41. The Kier molecular flexibility index (Phi) is 4.37. The molecule has 88 valence electrons. The summed E-state index contributed by atoms with van der Waals surface area (Å²) < 4.78 is 0. The molecule has 0 saturated heterocycles. The van der Waals surface area contributed by atoms with Crippen LogP contribution in [-0.4, -0.2) is 5.38 Å². The van der Waals surface area contributed by atoms with Crippen LogP contribution >= 0.6 is 11.6 Å². The molecule has 0 nitrogen and oxygen atoms in total. The van der Waals surface area contributed by atoms with Gasteiger partial charge in [0.2, 0.25) is 0 Å². The Balaban J connectivity index is 1.75. The Hall–Kier alpha value is 0.290. The fourth-order valence-corrected chi connectivity index (χ4v) is 3.87. The molecule has 0 aromatic carbocycles. The van der Waals surface area contributed by atoms with Gasteiger partial charge in [0, 0.05) is 5.38 Å². The van der Waals surface area contributed by atoms with Crippen LogP contribution in [0, 0.1) is 17.8 Å². The SMILES string of the molecule is CCC1CCC(C2CCC(Cl)CC2)CC1. The van der Waals surface area contributed by atoms with Crippen molar-refractivity contribution in [2.45, 2.75) is 70.1 Å². The van der Waals surface area contributed by atoms with E-state index in [9.17, 15) is 0 Å². The molecule has 0 aromatic rings. The fourth-order valence-electron chi connectivity index (χ4n) is 3.62. The molecule has 2 aliphatic carbocycles. The quantitative estimate of drug-likeness (QED) is 0.584. The molecule has 2 saturated carbocycles. The first-order valence-corrected chi connectivity index (χ1v) is 7.37. The van der Waals surface area contributed by atoms with Crippen molar-refractivity contribution in [3.05, 3.63) is 0 Å². The van der Waals surface area contributed by atoms with Crippen molar-refractivity contribution in [2.75, 3.05) is 0 Å². The van der Waals surface area contributed by atoms with E-state index in [1.165, 1.54) is 57.8 Å².